The van der Waals surface area contributed by atoms with Crippen molar-refractivity contribution in [2.45, 2.75) is 25.3 Å². The fraction of sp³-hybridized carbons (Fsp3) is 0.409. The van der Waals surface area contributed by atoms with Gasteiger partial charge in [-0.15, -0.1) is 0 Å². The van der Waals surface area contributed by atoms with Gasteiger partial charge in [-0.1, -0.05) is 15.9 Å². The highest BCUT2D eigenvalue weighted by atomic mass is 79.9. The van der Waals surface area contributed by atoms with Crippen LogP contribution < -0.4 is 24.4 Å². The topological polar surface area (TPSA) is 60.0 Å². The molecule has 1 fully saturated rings. The van der Waals surface area contributed by atoms with Crippen molar-refractivity contribution in [3.63, 3.8) is 0 Å². The summed E-state index contributed by atoms with van der Waals surface area (Å²) >= 11 is 3.54. The first kappa shape index (κ1) is 19.9. The second-order valence-electron chi connectivity index (χ2n) is 7.29. The van der Waals surface area contributed by atoms with Gasteiger partial charge in [0.1, 0.15) is 19.0 Å². The molecule has 1 N–H and O–H groups in total. The molecule has 0 unspecified atom stereocenters. The van der Waals surface area contributed by atoms with E-state index >= 15 is 0 Å². The van der Waals surface area contributed by atoms with Crippen LogP contribution in [0.3, 0.4) is 0 Å². The van der Waals surface area contributed by atoms with Crippen molar-refractivity contribution in [1.82, 2.24) is 5.32 Å². The third-order valence-electron chi connectivity index (χ3n) is 5.36. The van der Waals surface area contributed by atoms with Gasteiger partial charge in [0.2, 0.25) is 5.91 Å². The molecule has 2 heterocycles. The first-order chi connectivity index (χ1) is 14.1. The first-order valence-electron chi connectivity index (χ1n) is 9.89. The number of anilines is 1. The molecule has 0 aliphatic carbocycles. The predicted octanol–water partition coefficient (Wildman–Crippen LogP) is 3.56. The quantitative estimate of drug-likeness (QED) is 0.738. The van der Waals surface area contributed by atoms with E-state index in [0.717, 1.165) is 47.5 Å². The van der Waals surface area contributed by atoms with Gasteiger partial charge in [-0.25, -0.2) is 0 Å². The van der Waals surface area contributed by atoms with Crippen LogP contribution in [-0.2, 0) is 11.2 Å². The van der Waals surface area contributed by atoms with E-state index in [1.165, 1.54) is 5.69 Å². The maximum atomic E-state index is 12.6. The Bertz CT molecular complexity index is 864. The van der Waals surface area contributed by atoms with Gasteiger partial charge in [-0.2, -0.15) is 0 Å². The number of carbonyl (C=O) groups is 1. The molecule has 29 heavy (non-hydrogen) atoms. The number of fused-ring (bicyclic) bond motifs is 1. The largest absolute Gasteiger partial charge is 0.497 e. The number of hydrogen-bond acceptors (Lipinski definition) is 5. The number of nitrogens with zero attached hydrogens (tertiary/aromatic N) is 1. The molecular weight excluding hydrogens is 436 g/mol. The van der Waals surface area contributed by atoms with Crippen molar-refractivity contribution in [2.75, 3.05) is 38.3 Å². The van der Waals surface area contributed by atoms with E-state index in [4.69, 9.17) is 14.2 Å². The fourth-order valence-corrected chi connectivity index (χ4v) is 4.23. The lowest BCUT2D eigenvalue weighted by atomic mass is 10.0. The minimum absolute atomic E-state index is 0.0327. The van der Waals surface area contributed by atoms with Gasteiger partial charge < -0.3 is 24.4 Å². The zero-order valence-electron chi connectivity index (χ0n) is 16.4. The molecule has 0 aromatic heterocycles. The van der Waals surface area contributed by atoms with Crippen molar-refractivity contribution in [2.24, 2.45) is 0 Å². The summed E-state index contributed by atoms with van der Waals surface area (Å²) < 4.78 is 17.3. The van der Waals surface area contributed by atoms with Gasteiger partial charge in [0.05, 0.1) is 13.5 Å². The number of piperidine rings is 1. The number of benzene rings is 2. The van der Waals surface area contributed by atoms with Crippen LogP contribution in [0.4, 0.5) is 5.69 Å². The molecule has 0 atom stereocenters. The number of rotatable bonds is 5. The average Bonchev–Trinajstić information content (AvgIpc) is 2.75. The summed E-state index contributed by atoms with van der Waals surface area (Å²) in [5, 5.41) is 3.19. The average molecular weight is 461 g/mol. The Labute approximate surface area is 179 Å². The van der Waals surface area contributed by atoms with Crippen LogP contribution >= 0.6 is 15.9 Å². The van der Waals surface area contributed by atoms with Gasteiger partial charge in [0.25, 0.3) is 0 Å². The maximum absolute atomic E-state index is 12.6. The summed E-state index contributed by atoms with van der Waals surface area (Å²) in [7, 11) is 1.67. The van der Waals surface area contributed by atoms with E-state index in [-0.39, 0.29) is 11.9 Å². The van der Waals surface area contributed by atoms with E-state index < -0.39 is 0 Å². The minimum atomic E-state index is 0.0327. The molecule has 0 radical (unpaired) electrons. The number of ether oxygens (including phenoxy) is 3. The van der Waals surface area contributed by atoms with Crippen LogP contribution in [0, 0.1) is 0 Å². The van der Waals surface area contributed by atoms with Gasteiger partial charge in [0.15, 0.2) is 11.5 Å². The van der Waals surface area contributed by atoms with E-state index in [0.29, 0.717) is 25.4 Å². The molecular formula is C22H25BrN2O4. The van der Waals surface area contributed by atoms with E-state index in [9.17, 15) is 4.79 Å². The van der Waals surface area contributed by atoms with E-state index in [1.807, 2.05) is 24.3 Å². The Hall–Kier alpha value is -2.41. The molecule has 2 aromatic carbocycles. The van der Waals surface area contributed by atoms with Gasteiger partial charge in [-0.05, 0) is 54.8 Å². The molecule has 2 aromatic rings. The summed E-state index contributed by atoms with van der Waals surface area (Å²) in [5.41, 5.74) is 2.10. The molecule has 0 spiro atoms. The number of methoxy groups -OCH3 is 1. The SMILES string of the molecule is COc1ccc(N2CCC(NC(=O)Cc3cc4c(cc3Br)OCCO4)CC2)cc1. The highest BCUT2D eigenvalue weighted by molar-refractivity contribution is 9.10. The second kappa shape index (κ2) is 8.95. The summed E-state index contributed by atoms with van der Waals surface area (Å²) in [4.78, 5) is 14.9. The number of amides is 1. The van der Waals surface area contributed by atoms with Gasteiger partial charge in [0, 0.05) is 29.3 Å². The molecule has 1 amide bonds. The van der Waals surface area contributed by atoms with Crippen molar-refractivity contribution in [3.8, 4) is 17.2 Å². The zero-order valence-corrected chi connectivity index (χ0v) is 18.0. The summed E-state index contributed by atoms with van der Waals surface area (Å²) in [6.07, 6.45) is 2.18. The Balaban J connectivity index is 1.30. The standard InChI is InChI=1S/C22H25BrN2O4/c1-27-18-4-2-17(3-5-18)25-8-6-16(7-9-25)24-22(26)13-15-12-20-21(14-19(15)23)29-11-10-28-20/h2-5,12,14,16H,6-11,13H2,1H3,(H,24,26). The summed E-state index contributed by atoms with van der Waals surface area (Å²) in [5.74, 6) is 2.32. The third kappa shape index (κ3) is 4.78. The molecule has 0 saturated carbocycles. The van der Waals surface area contributed by atoms with Crippen LogP contribution in [0.1, 0.15) is 18.4 Å². The Kier molecular flexibility index (Phi) is 6.13. The molecule has 2 aliphatic heterocycles. The Morgan fingerprint density at radius 1 is 1.14 bits per heavy atom. The summed E-state index contributed by atoms with van der Waals surface area (Å²) in [6.45, 7) is 2.93. The molecule has 0 bridgehead atoms. The highest BCUT2D eigenvalue weighted by Gasteiger charge is 2.22. The lowest BCUT2D eigenvalue weighted by Crippen LogP contribution is -2.45. The van der Waals surface area contributed by atoms with Crippen LogP contribution in [0.2, 0.25) is 0 Å². The molecule has 2 aliphatic rings. The van der Waals surface area contributed by atoms with Gasteiger partial charge >= 0.3 is 0 Å². The fourth-order valence-electron chi connectivity index (χ4n) is 3.77. The number of nitrogens with one attached hydrogen (secondary N) is 1. The smallest absolute Gasteiger partial charge is 0.224 e. The molecule has 7 heteroatoms. The Morgan fingerprint density at radius 2 is 1.79 bits per heavy atom. The van der Waals surface area contributed by atoms with Gasteiger partial charge in [-0.3, -0.25) is 4.79 Å². The van der Waals surface area contributed by atoms with Crippen molar-refractivity contribution >= 4 is 27.5 Å². The summed E-state index contributed by atoms with van der Waals surface area (Å²) in [6, 6.07) is 12.1. The van der Waals surface area contributed by atoms with Crippen molar-refractivity contribution in [1.29, 1.82) is 0 Å². The van der Waals surface area contributed by atoms with Crippen LogP contribution in [-0.4, -0.2) is 45.4 Å². The Morgan fingerprint density at radius 3 is 2.45 bits per heavy atom. The molecule has 1 saturated heterocycles. The molecule has 6 nitrogen and oxygen atoms in total. The molecule has 4 rings (SSSR count). The number of hydrogen-bond donors (Lipinski definition) is 1. The predicted molar refractivity (Wildman–Crippen MR) is 115 cm³/mol. The van der Waals surface area contributed by atoms with Crippen LogP contribution in [0.15, 0.2) is 40.9 Å². The second-order valence-corrected chi connectivity index (χ2v) is 8.15. The monoisotopic (exact) mass is 460 g/mol. The lowest BCUT2D eigenvalue weighted by molar-refractivity contribution is -0.121. The lowest BCUT2D eigenvalue weighted by Gasteiger charge is -2.34. The normalized spacial score (nSPS) is 16.4. The van der Waals surface area contributed by atoms with E-state index in [1.54, 1.807) is 7.11 Å². The minimum Gasteiger partial charge on any atom is -0.497 e. The first-order valence-corrected chi connectivity index (χ1v) is 10.7. The van der Waals surface area contributed by atoms with Crippen LogP contribution in [0.25, 0.3) is 0 Å². The zero-order chi connectivity index (χ0) is 20.2. The maximum Gasteiger partial charge on any atom is 0.224 e. The third-order valence-corrected chi connectivity index (χ3v) is 6.10. The number of halogens is 1. The van der Waals surface area contributed by atoms with E-state index in [2.05, 4.69) is 38.3 Å². The van der Waals surface area contributed by atoms with Crippen LogP contribution in [0.5, 0.6) is 17.2 Å². The van der Waals surface area contributed by atoms with Crippen molar-refractivity contribution in [3.05, 3.63) is 46.4 Å². The number of carbonyl (C=O) groups excluding carboxylic acids is 1. The van der Waals surface area contributed by atoms with Crippen molar-refractivity contribution < 1.29 is 19.0 Å². The molecule has 154 valence electrons. The highest BCUT2D eigenvalue weighted by Crippen LogP contribution is 2.35.